The Morgan fingerprint density at radius 1 is 0.815 bits per heavy atom. The summed E-state index contributed by atoms with van der Waals surface area (Å²) in [7, 11) is 0. The summed E-state index contributed by atoms with van der Waals surface area (Å²) in [6.07, 6.45) is 1.79. The minimum atomic E-state index is 0.662. The van der Waals surface area contributed by atoms with Gasteiger partial charge in [0.05, 0.1) is 11.2 Å². The number of fused-ring (bicyclic) bond motifs is 1. The first kappa shape index (κ1) is 17.2. The summed E-state index contributed by atoms with van der Waals surface area (Å²) in [6.45, 7) is 3.84. The van der Waals surface area contributed by atoms with Crippen LogP contribution in [0.4, 0.5) is 23.0 Å². The van der Waals surface area contributed by atoms with Crippen LogP contribution >= 0.6 is 11.6 Å². The second kappa shape index (κ2) is 7.21. The molecule has 5 nitrogen and oxygen atoms in total. The molecule has 0 atom stereocenters. The maximum Gasteiger partial charge on any atom is 0.136 e. The van der Waals surface area contributed by atoms with Crippen LogP contribution in [0.5, 0.6) is 0 Å². The van der Waals surface area contributed by atoms with E-state index in [-0.39, 0.29) is 0 Å². The molecular weight excluding hydrogens is 358 g/mol. The molecule has 2 aromatic heterocycles. The number of nitrogens with one attached hydrogen (secondary N) is 2. The highest BCUT2D eigenvalue weighted by Crippen LogP contribution is 2.28. The minimum absolute atomic E-state index is 0.662. The van der Waals surface area contributed by atoms with Crippen LogP contribution in [0.2, 0.25) is 5.02 Å². The van der Waals surface area contributed by atoms with Gasteiger partial charge in [-0.05, 0) is 43.7 Å². The average Bonchev–Trinajstić information content (AvgIpc) is 2.65. The maximum atomic E-state index is 6.21. The second-order valence-corrected chi connectivity index (χ2v) is 6.64. The molecule has 6 heteroatoms. The first-order valence-corrected chi connectivity index (χ1v) is 8.96. The molecule has 0 saturated heterocycles. The molecule has 0 fully saturated rings. The number of pyridine rings is 1. The topological polar surface area (TPSA) is 62.7 Å². The highest BCUT2D eigenvalue weighted by atomic mass is 35.5. The van der Waals surface area contributed by atoms with Crippen LogP contribution in [0.25, 0.3) is 10.9 Å². The Morgan fingerprint density at radius 3 is 2.30 bits per heavy atom. The Hall–Kier alpha value is -3.18. The minimum Gasteiger partial charge on any atom is -0.340 e. The van der Waals surface area contributed by atoms with E-state index < -0.39 is 0 Å². The van der Waals surface area contributed by atoms with E-state index in [1.807, 2.05) is 68.4 Å². The third-order valence-corrected chi connectivity index (χ3v) is 4.67. The van der Waals surface area contributed by atoms with E-state index in [1.54, 1.807) is 6.20 Å². The van der Waals surface area contributed by atoms with Gasteiger partial charge in [0.2, 0.25) is 0 Å². The summed E-state index contributed by atoms with van der Waals surface area (Å²) in [5.74, 6) is 2.06. The monoisotopic (exact) mass is 375 g/mol. The average molecular weight is 376 g/mol. The van der Waals surface area contributed by atoms with Gasteiger partial charge in [-0.1, -0.05) is 35.9 Å². The Labute approximate surface area is 162 Å². The van der Waals surface area contributed by atoms with Gasteiger partial charge in [-0.3, -0.25) is 4.98 Å². The molecule has 2 N–H and O–H groups in total. The van der Waals surface area contributed by atoms with Gasteiger partial charge in [-0.15, -0.1) is 0 Å². The number of hydrogen-bond acceptors (Lipinski definition) is 5. The molecule has 0 aliphatic rings. The molecule has 27 heavy (non-hydrogen) atoms. The number of halogens is 1. The van der Waals surface area contributed by atoms with E-state index >= 15 is 0 Å². The highest BCUT2D eigenvalue weighted by molar-refractivity contribution is 6.31. The van der Waals surface area contributed by atoms with Crippen LogP contribution in [0.1, 0.15) is 11.4 Å². The van der Waals surface area contributed by atoms with Gasteiger partial charge in [0.25, 0.3) is 0 Å². The lowest BCUT2D eigenvalue weighted by Gasteiger charge is -2.13. The van der Waals surface area contributed by atoms with Crippen molar-refractivity contribution in [2.75, 3.05) is 10.6 Å². The lowest BCUT2D eigenvalue weighted by Crippen LogP contribution is -2.02. The van der Waals surface area contributed by atoms with Gasteiger partial charge >= 0.3 is 0 Å². The molecule has 0 aliphatic heterocycles. The fourth-order valence-corrected chi connectivity index (χ4v) is 3.09. The predicted molar refractivity (Wildman–Crippen MR) is 111 cm³/mol. The number of benzene rings is 2. The first-order chi connectivity index (χ1) is 13.1. The Morgan fingerprint density at radius 2 is 1.48 bits per heavy atom. The summed E-state index contributed by atoms with van der Waals surface area (Å²) < 4.78 is 0. The van der Waals surface area contributed by atoms with Gasteiger partial charge in [0.1, 0.15) is 17.5 Å². The maximum absolute atomic E-state index is 6.21. The van der Waals surface area contributed by atoms with Crippen LogP contribution in [-0.2, 0) is 0 Å². The second-order valence-electron chi connectivity index (χ2n) is 6.23. The third-order valence-electron chi connectivity index (χ3n) is 4.26. The van der Waals surface area contributed by atoms with E-state index in [1.165, 1.54) is 0 Å². The lowest BCUT2D eigenvalue weighted by molar-refractivity contribution is 1.06. The number of aryl methyl sites for hydroxylation is 1. The van der Waals surface area contributed by atoms with Crippen molar-refractivity contribution >= 4 is 45.5 Å². The number of para-hydroxylation sites is 1. The molecule has 4 aromatic rings. The normalized spacial score (nSPS) is 10.8. The molecule has 2 aromatic carbocycles. The molecule has 0 amide bonds. The lowest BCUT2D eigenvalue weighted by atomic mass is 10.2. The van der Waals surface area contributed by atoms with Crippen molar-refractivity contribution in [3.8, 4) is 0 Å². The van der Waals surface area contributed by atoms with E-state index in [0.717, 1.165) is 27.8 Å². The number of anilines is 4. The van der Waals surface area contributed by atoms with Gasteiger partial charge < -0.3 is 10.6 Å². The number of hydrogen-bond donors (Lipinski definition) is 2. The highest BCUT2D eigenvalue weighted by Gasteiger charge is 2.08. The van der Waals surface area contributed by atoms with E-state index in [9.17, 15) is 0 Å². The van der Waals surface area contributed by atoms with Crippen molar-refractivity contribution in [1.29, 1.82) is 0 Å². The van der Waals surface area contributed by atoms with E-state index in [0.29, 0.717) is 22.5 Å². The molecule has 4 rings (SSSR count). The fourth-order valence-electron chi connectivity index (χ4n) is 2.92. The molecular formula is C21H18ClN5. The van der Waals surface area contributed by atoms with Gasteiger partial charge in [0.15, 0.2) is 0 Å². The van der Waals surface area contributed by atoms with Crippen LogP contribution in [0, 0.1) is 13.8 Å². The van der Waals surface area contributed by atoms with Crippen molar-refractivity contribution in [3.05, 3.63) is 77.2 Å². The van der Waals surface area contributed by atoms with Crippen molar-refractivity contribution < 1.29 is 0 Å². The van der Waals surface area contributed by atoms with E-state index in [4.69, 9.17) is 11.6 Å². The van der Waals surface area contributed by atoms with E-state index in [2.05, 4.69) is 25.6 Å². The van der Waals surface area contributed by atoms with Crippen molar-refractivity contribution in [1.82, 2.24) is 15.0 Å². The third kappa shape index (κ3) is 3.68. The first-order valence-electron chi connectivity index (χ1n) is 8.59. The molecule has 0 bridgehead atoms. The Bertz CT molecular complexity index is 1120. The van der Waals surface area contributed by atoms with Crippen LogP contribution in [0.3, 0.4) is 0 Å². The number of nitrogens with zero attached hydrogens (tertiary/aromatic N) is 3. The number of rotatable bonds is 4. The zero-order chi connectivity index (χ0) is 18.8. The predicted octanol–water partition coefficient (Wildman–Crippen LogP) is 5.78. The van der Waals surface area contributed by atoms with Gasteiger partial charge in [-0.25, -0.2) is 9.97 Å². The standard InChI is InChI=1S/C21H18ClN5/c1-13-16(22)8-4-9-17(13)26-19-12-20(25-14(2)24-19)27-18-10-3-6-15-7-5-11-23-21(15)18/h3-12H,1-2H3,(H2,24,25,26,27). The Balaban J connectivity index is 1.67. The van der Waals surface area contributed by atoms with Crippen LogP contribution in [0.15, 0.2) is 60.8 Å². The largest absolute Gasteiger partial charge is 0.340 e. The fraction of sp³-hybridized carbons (Fsp3) is 0.0952. The summed E-state index contributed by atoms with van der Waals surface area (Å²) in [5, 5.41) is 8.47. The van der Waals surface area contributed by atoms with Crippen molar-refractivity contribution in [2.24, 2.45) is 0 Å². The smallest absolute Gasteiger partial charge is 0.136 e. The quantitative estimate of drug-likeness (QED) is 0.473. The Kier molecular flexibility index (Phi) is 4.60. The van der Waals surface area contributed by atoms with Crippen molar-refractivity contribution in [3.63, 3.8) is 0 Å². The summed E-state index contributed by atoms with van der Waals surface area (Å²) >= 11 is 6.21. The number of aromatic nitrogens is 3. The molecule has 2 heterocycles. The zero-order valence-electron chi connectivity index (χ0n) is 15.0. The zero-order valence-corrected chi connectivity index (χ0v) is 15.7. The van der Waals surface area contributed by atoms with Gasteiger partial charge in [-0.2, -0.15) is 0 Å². The summed E-state index contributed by atoms with van der Waals surface area (Å²) in [4.78, 5) is 13.5. The van der Waals surface area contributed by atoms with Crippen molar-refractivity contribution in [2.45, 2.75) is 13.8 Å². The molecule has 0 radical (unpaired) electrons. The van der Waals surface area contributed by atoms with Crippen LogP contribution < -0.4 is 10.6 Å². The summed E-state index contributed by atoms with van der Waals surface area (Å²) in [6, 6.07) is 17.6. The molecule has 0 aliphatic carbocycles. The summed E-state index contributed by atoms with van der Waals surface area (Å²) in [5.41, 5.74) is 3.69. The van der Waals surface area contributed by atoms with Crippen LogP contribution in [-0.4, -0.2) is 15.0 Å². The molecule has 134 valence electrons. The SMILES string of the molecule is Cc1nc(Nc2cccc(Cl)c2C)cc(Nc2cccc3cccnc23)n1. The molecule has 0 saturated carbocycles. The molecule has 0 unspecified atom stereocenters. The molecule has 0 spiro atoms. The van der Waals surface area contributed by atoms with Gasteiger partial charge in [0, 0.05) is 28.4 Å².